The summed E-state index contributed by atoms with van der Waals surface area (Å²) in [5.41, 5.74) is 9.99. The van der Waals surface area contributed by atoms with E-state index < -0.39 is 0 Å². The number of hydrogen-bond donors (Lipinski definition) is 2. The molecule has 0 aliphatic carbocycles. The summed E-state index contributed by atoms with van der Waals surface area (Å²) >= 11 is 0. The van der Waals surface area contributed by atoms with Gasteiger partial charge in [0.15, 0.2) is 0 Å². The molecule has 0 aliphatic rings. The third-order valence-electron chi connectivity index (χ3n) is 4.07. The van der Waals surface area contributed by atoms with Crippen molar-refractivity contribution in [3.05, 3.63) is 52.8 Å². The topological polar surface area (TPSA) is 94.0 Å². The molecule has 25 heavy (non-hydrogen) atoms. The lowest BCUT2D eigenvalue weighted by atomic mass is 10.0. The van der Waals surface area contributed by atoms with Crippen molar-refractivity contribution in [3.8, 4) is 0 Å². The minimum atomic E-state index is -0.143. The second-order valence-corrected chi connectivity index (χ2v) is 6.46. The molecular weight excluding hydrogens is 316 g/mol. The zero-order valence-electron chi connectivity index (χ0n) is 14.7. The molecule has 0 spiro atoms. The molecule has 0 radical (unpaired) electrons. The number of hydrogen-bond acceptors (Lipinski definition) is 5. The van der Waals surface area contributed by atoms with Gasteiger partial charge in [-0.25, -0.2) is 4.98 Å². The fraction of sp³-hybridized carbons (Fsp3) is 0.316. The number of nitrogens with one attached hydrogen (secondary N) is 1. The SMILES string of the molecule is Cc1cc(C(=O)NCCc2ccc(N)cc2)c2c(C(C)C)noc2n1. The van der Waals surface area contributed by atoms with Crippen molar-refractivity contribution < 1.29 is 9.32 Å². The van der Waals surface area contributed by atoms with E-state index in [1.807, 2.05) is 45.0 Å². The maximum atomic E-state index is 12.7. The Bertz CT molecular complexity index is 898. The number of carbonyl (C=O) groups excluding carboxylic acids is 1. The molecule has 0 bridgehead atoms. The summed E-state index contributed by atoms with van der Waals surface area (Å²) in [5.74, 6) is 0.00290. The molecule has 0 unspecified atom stereocenters. The molecule has 3 aromatic rings. The molecule has 2 aromatic heterocycles. The molecule has 6 heteroatoms. The number of aromatic nitrogens is 2. The van der Waals surface area contributed by atoms with Crippen LogP contribution in [0.15, 0.2) is 34.9 Å². The Morgan fingerprint density at radius 3 is 2.68 bits per heavy atom. The van der Waals surface area contributed by atoms with Gasteiger partial charge in [0.1, 0.15) is 0 Å². The number of nitrogens with zero attached hydrogens (tertiary/aromatic N) is 2. The first kappa shape index (κ1) is 17.0. The highest BCUT2D eigenvalue weighted by Crippen LogP contribution is 2.27. The van der Waals surface area contributed by atoms with E-state index in [9.17, 15) is 4.79 Å². The number of benzene rings is 1. The Kier molecular flexibility index (Phi) is 4.70. The number of nitrogen functional groups attached to an aromatic ring is 1. The fourth-order valence-electron chi connectivity index (χ4n) is 2.77. The summed E-state index contributed by atoms with van der Waals surface area (Å²) in [7, 11) is 0. The van der Waals surface area contributed by atoms with E-state index in [4.69, 9.17) is 10.3 Å². The van der Waals surface area contributed by atoms with Gasteiger partial charge in [-0.1, -0.05) is 31.1 Å². The van der Waals surface area contributed by atoms with Crippen LogP contribution in [-0.4, -0.2) is 22.6 Å². The monoisotopic (exact) mass is 338 g/mol. The number of anilines is 1. The number of pyridine rings is 1. The smallest absolute Gasteiger partial charge is 0.259 e. The fourth-order valence-corrected chi connectivity index (χ4v) is 2.77. The number of fused-ring (bicyclic) bond motifs is 1. The van der Waals surface area contributed by atoms with E-state index in [1.165, 1.54) is 0 Å². The van der Waals surface area contributed by atoms with Crippen molar-refractivity contribution in [2.75, 3.05) is 12.3 Å². The number of aryl methyl sites for hydroxylation is 1. The summed E-state index contributed by atoms with van der Waals surface area (Å²) in [5, 5.41) is 7.76. The number of rotatable bonds is 5. The standard InChI is InChI=1S/C19H22N4O2/c1-11(2)17-16-15(10-12(3)22-19(16)25-23-17)18(24)21-9-8-13-4-6-14(20)7-5-13/h4-7,10-11H,8-9,20H2,1-3H3,(H,21,24). The van der Waals surface area contributed by atoms with Gasteiger partial charge in [0.2, 0.25) is 0 Å². The van der Waals surface area contributed by atoms with Crippen LogP contribution in [0.1, 0.15) is 47.1 Å². The van der Waals surface area contributed by atoms with E-state index >= 15 is 0 Å². The number of carbonyl (C=O) groups is 1. The molecule has 3 N–H and O–H groups in total. The summed E-state index contributed by atoms with van der Waals surface area (Å²) in [4.78, 5) is 17.0. The van der Waals surface area contributed by atoms with Crippen LogP contribution in [0.4, 0.5) is 5.69 Å². The molecule has 1 amide bonds. The quantitative estimate of drug-likeness (QED) is 0.697. The summed E-state index contributed by atoms with van der Waals surface area (Å²) in [6.07, 6.45) is 0.736. The van der Waals surface area contributed by atoms with Crippen LogP contribution in [0.2, 0.25) is 0 Å². The predicted octanol–water partition coefficient (Wildman–Crippen LogP) is 3.21. The minimum Gasteiger partial charge on any atom is -0.399 e. The summed E-state index contributed by atoms with van der Waals surface area (Å²) < 4.78 is 5.31. The van der Waals surface area contributed by atoms with Crippen LogP contribution in [0.3, 0.4) is 0 Å². The van der Waals surface area contributed by atoms with E-state index in [0.717, 1.165) is 29.1 Å². The highest BCUT2D eigenvalue weighted by Gasteiger charge is 2.21. The maximum absolute atomic E-state index is 12.7. The highest BCUT2D eigenvalue weighted by molar-refractivity contribution is 6.06. The molecule has 0 saturated carbocycles. The van der Waals surface area contributed by atoms with Gasteiger partial charge in [-0.15, -0.1) is 0 Å². The average Bonchev–Trinajstić information content (AvgIpc) is 2.99. The number of amides is 1. The molecule has 0 saturated heterocycles. The Morgan fingerprint density at radius 2 is 2.00 bits per heavy atom. The molecule has 2 heterocycles. The molecule has 6 nitrogen and oxygen atoms in total. The Labute approximate surface area is 146 Å². The molecule has 0 fully saturated rings. The molecule has 3 rings (SSSR count). The maximum Gasteiger partial charge on any atom is 0.259 e. The van der Waals surface area contributed by atoms with Crippen LogP contribution in [0.25, 0.3) is 11.1 Å². The number of nitrogens with two attached hydrogens (primary N) is 1. The third-order valence-corrected chi connectivity index (χ3v) is 4.07. The lowest BCUT2D eigenvalue weighted by Gasteiger charge is -2.08. The van der Waals surface area contributed by atoms with Gasteiger partial charge in [-0.3, -0.25) is 4.79 Å². The van der Waals surface area contributed by atoms with E-state index in [2.05, 4.69) is 15.5 Å². The van der Waals surface area contributed by atoms with Crippen molar-refractivity contribution in [2.24, 2.45) is 0 Å². The van der Waals surface area contributed by atoms with Crippen molar-refractivity contribution in [1.82, 2.24) is 15.5 Å². The zero-order valence-corrected chi connectivity index (χ0v) is 14.7. The van der Waals surface area contributed by atoms with Gasteiger partial charge in [0, 0.05) is 17.9 Å². The Morgan fingerprint density at radius 1 is 1.28 bits per heavy atom. The zero-order chi connectivity index (χ0) is 18.0. The lowest BCUT2D eigenvalue weighted by Crippen LogP contribution is -2.26. The summed E-state index contributed by atoms with van der Waals surface area (Å²) in [6, 6.07) is 9.43. The Balaban J connectivity index is 1.79. The first-order chi connectivity index (χ1) is 12.0. The van der Waals surface area contributed by atoms with Gasteiger partial charge in [-0.2, -0.15) is 0 Å². The van der Waals surface area contributed by atoms with Crippen molar-refractivity contribution >= 4 is 22.7 Å². The first-order valence-electron chi connectivity index (χ1n) is 8.35. The molecule has 130 valence electrons. The summed E-state index contributed by atoms with van der Waals surface area (Å²) in [6.45, 7) is 6.40. The van der Waals surface area contributed by atoms with Crippen molar-refractivity contribution in [2.45, 2.75) is 33.1 Å². The second-order valence-electron chi connectivity index (χ2n) is 6.46. The third kappa shape index (κ3) is 3.63. The second kappa shape index (κ2) is 6.93. The molecule has 1 aromatic carbocycles. The van der Waals surface area contributed by atoms with Crippen LogP contribution >= 0.6 is 0 Å². The molecule has 0 atom stereocenters. The van der Waals surface area contributed by atoms with E-state index in [0.29, 0.717) is 23.2 Å². The van der Waals surface area contributed by atoms with Gasteiger partial charge in [0.25, 0.3) is 11.6 Å². The van der Waals surface area contributed by atoms with Gasteiger partial charge in [0.05, 0.1) is 16.6 Å². The molecule has 0 aliphatic heterocycles. The predicted molar refractivity (Wildman–Crippen MR) is 97.5 cm³/mol. The minimum absolute atomic E-state index is 0.143. The van der Waals surface area contributed by atoms with Crippen molar-refractivity contribution in [1.29, 1.82) is 0 Å². The van der Waals surface area contributed by atoms with E-state index in [1.54, 1.807) is 6.07 Å². The van der Waals surface area contributed by atoms with Crippen LogP contribution in [-0.2, 0) is 6.42 Å². The van der Waals surface area contributed by atoms with Gasteiger partial charge < -0.3 is 15.6 Å². The van der Waals surface area contributed by atoms with Crippen LogP contribution < -0.4 is 11.1 Å². The van der Waals surface area contributed by atoms with Gasteiger partial charge >= 0.3 is 0 Å². The Hall–Kier alpha value is -2.89. The normalized spacial score (nSPS) is 11.2. The van der Waals surface area contributed by atoms with E-state index in [-0.39, 0.29) is 11.8 Å². The average molecular weight is 338 g/mol. The largest absolute Gasteiger partial charge is 0.399 e. The lowest BCUT2D eigenvalue weighted by molar-refractivity contribution is 0.0955. The van der Waals surface area contributed by atoms with Crippen molar-refractivity contribution in [3.63, 3.8) is 0 Å². The van der Waals surface area contributed by atoms with Gasteiger partial charge in [-0.05, 0) is 43.0 Å². The van der Waals surface area contributed by atoms with Crippen LogP contribution in [0.5, 0.6) is 0 Å². The molecular formula is C19H22N4O2. The van der Waals surface area contributed by atoms with Crippen LogP contribution in [0, 0.1) is 6.92 Å². The highest BCUT2D eigenvalue weighted by atomic mass is 16.5. The first-order valence-corrected chi connectivity index (χ1v) is 8.35.